The van der Waals surface area contributed by atoms with Crippen LogP contribution in [0.25, 0.3) is 11.1 Å². The van der Waals surface area contributed by atoms with Gasteiger partial charge >= 0.3 is 0 Å². The first-order valence-corrected chi connectivity index (χ1v) is 9.76. The highest BCUT2D eigenvalue weighted by Crippen LogP contribution is 2.39. The van der Waals surface area contributed by atoms with Crippen molar-refractivity contribution in [1.29, 1.82) is 0 Å². The summed E-state index contributed by atoms with van der Waals surface area (Å²) < 4.78 is 7.73. The van der Waals surface area contributed by atoms with Crippen molar-refractivity contribution in [2.45, 2.75) is 31.7 Å². The fourth-order valence-electron chi connectivity index (χ4n) is 3.72. The average molecular weight is 413 g/mol. The number of methoxy groups -OCH3 is 1. The number of aromatic nitrogens is 4. The van der Waals surface area contributed by atoms with Gasteiger partial charge in [-0.05, 0) is 18.9 Å². The highest BCUT2D eigenvalue weighted by Gasteiger charge is 2.20. The number of rotatable bonds is 6. The van der Waals surface area contributed by atoms with E-state index in [0.717, 1.165) is 24.0 Å². The first kappa shape index (κ1) is 19.2. The summed E-state index contributed by atoms with van der Waals surface area (Å²) >= 11 is 5.95. The molecule has 8 nitrogen and oxygen atoms in total. The van der Waals surface area contributed by atoms with E-state index in [4.69, 9.17) is 22.1 Å². The third-order valence-corrected chi connectivity index (χ3v) is 5.28. The molecule has 1 fully saturated rings. The molecule has 0 atom stereocenters. The lowest BCUT2D eigenvalue weighted by Gasteiger charge is -2.15. The third kappa shape index (κ3) is 3.88. The lowest BCUT2D eigenvalue weighted by molar-refractivity contribution is 0.0995. The number of hydrogen-bond donors (Lipinski definition) is 2. The predicted octanol–water partition coefficient (Wildman–Crippen LogP) is 3.96. The van der Waals surface area contributed by atoms with Crippen LogP contribution in [0.1, 0.15) is 42.2 Å². The standard InChI is InChI=1S/C20H21ClN6O2/c1-29-19-14(12-10-23-27(11-12)13-5-2-3-6-13)7-4-8-15(19)24-16-9-17(21)25-26-18(16)20(22)28/h4,7-11,13H,2-3,5-6H2,1H3,(H2,22,28)(H,24,25). The topological polar surface area (TPSA) is 108 Å². The minimum Gasteiger partial charge on any atom is -0.494 e. The number of hydrogen-bond acceptors (Lipinski definition) is 6. The molecule has 2 aromatic heterocycles. The fraction of sp³-hybridized carbons (Fsp3) is 0.300. The normalized spacial score (nSPS) is 14.1. The van der Waals surface area contributed by atoms with E-state index in [1.165, 1.54) is 18.9 Å². The van der Waals surface area contributed by atoms with E-state index in [1.54, 1.807) is 7.11 Å². The maximum atomic E-state index is 11.7. The molecule has 0 aliphatic heterocycles. The molecule has 4 rings (SSSR count). The van der Waals surface area contributed by atoms with Crippen LogP contribution in [0.5, 0.6) is 5.75 Å². The van der Waals surface area contributed by atoms with E-state index in [-0.39, 0.29) is 10.8 Å². The van der Waals surface area contributed by atoms with Gasteiger partial charge in [0.2, 0.25) is 0 Å². The molecular weight excluding hydrogens is 392 g/mol. The number of carbonyl (C=O) groups excluding carboxylic acids is 1. The van der Waals surface area contributed by atoms with E-state index < -0.39 is 5.91 Å². The first-order valence-electron chi connectivity index (χ1n) is 9.38. The molecule has 1 amide bonds. The number of amides is 1. The van der Waals surface area contributed by atoms with Gasteiger partial charge in [-0.2, -0.15) is 5.10 Å². The van der Waals surface area contributed by atoms with Gasteiger partial charge in [0, 0.05) is 23.4 Å². The minimum atomic E-state index is -0.704. The Labute approximate surface area is 173 Å². The number of carbonyl (C=O) groups is 1. The van der Waals surface area contributed by atoms with Crippen molar-refractivity contribution in [2.24, 2.45) is 5.73 Å². The number of para-hydroxylation sites is 1. The number of benzene rings is 1. The molecule has 1 saturated carbocycles. The molecular formula is C20H21ClN6O2. The molecule has 1 aliphatic rings. The number of halogens is 1. The zero-order valence-corrected chi connectivity index (χ0v) is 16.7. The number of primary amides is 1. The maximum Gasteiger partial charge on any atom is 0.271 e. The Kier molecular flexibility index (Phi) is 5.35. The van der Waals surface area contributed by atoms with Crippen LogP contribution >= 0.6 is 11.6 Å². The summed E-state index contributed by atoms with van der Waals surface area (Å²) in [5.74, 6) is -0.0912. The molecule has 0 radical (unpaired) electrons. The van der Waals surface area contributed by atoms with Crippen LogP contribution in [0.3, 0.4) is 0 Å². The molecule has 3 aromatic rings. The van der Waals surface area contributed by atoms with Crippen LogP contribution in [-0.2, 0) is 0 Å². The third-order valence-electron chi connectivity index (χ3n) is 5.10. The first-order chi connectivity index (χ1) is 14.1. The molecule has 9 heteroatoms. The lowest BCUT2D eigenvalue weighted by Crippen LogP contribution is -2.16. The van der Waals surface area contributed by atoms with E-state index in [1.807, 2.05) is 29.1 Å². The SMILES string of the molecule is COc1c(Nc2cc(Cl)nnc2C(N)=O)cccc1-c1cnn(C2CCCC2)c1. The zero-order valence-electron chi connectivity index (χ0n) is 15.9. The number of nitrogens with one attached hydrogen (secondary N) is 1. The smallest absolute Gasteiger partial charge is 0.271 e. The van der Waals surface area contributed by atoms with E-state index >= 15 is 0 Å². The highest BCUT2D eigenvalue weighted by atomic mass is 35.5. The Morgan fingerprint density at radius 3 is 2.79 bits per heavy atom. The summed E-state index contributed by atoms with van der Waals surface area (Å²) in [5, 5.41) is 15.3. The van der Waals surface area contributed by atoms with Crippen molar-refractivity contribution in [3.8, 4) is 16.9 Å². The molecule has 29 heavy (non-hydrogen) atoms. The van der Waals surface area contributed by atoms with Crippen LogP contribution in [-0.4, -0.2) is 33.0 Å². The number of anilines is 2. The van der Waals surface area contributed by atoms with Crippen LogP contribution < -0.4 is 15.8 Å². The van der Waals surface area contributed by atoms with Gasteiger partial charge in [-0.1, -0.05) is 36.6 Å². The number of ether oxygens (including phenoxy) is 1. The zero-order chi connectivity index (χ0) is 20.4. The van der Waals surface area contributed by atoms with Crippen LogP contribution in [0.15, 0.2) is 36.7 Å². The van der Waals surface area contributed by atoms with Gasteiger partial charge in [-0.15, -0.1) is 10.2 Å². The van der Waals surface area contributed by atoms with Crippen LogP contribution in [0, 0.1) is 0 Å². The Morgan fingerprint density at radius 2 is 2.07 bits per heavy atom. The Bertz CT molecular complexity index is 1050. The predicted molar refractivity (Wildman–Crippen MR) is 111 cm³/mol. The van der Waals surface area contributed by atoms with Gasteiger partial charge in [0.05, 0.1) is 30.7 Å². The fourth-order valence-corrected chi connectivity index (χ4v) is 3.87. The van der Waals surface area contributed by atoms with Gasteiger partial charge < -0.3 is 15.8 Å². The van der Waals surface area contributed by atoms with Gasteiger partial charge in [-0.3, -0.25) is 9.48 Å². The second kappa shape index (κ2) is 8.08. The molecule has 0 bridgehead atoms. The van der Waals surface area contributed by atoms with Crippen molar-refractivity contribution in [1.82, 2.24) is 20.0 Å². The Balaban J connectivity index is 1.70. The van der Waals surface area contributed by atoms with E-state index in [0.29, 0.717) is 23.2 Å². The summed E-state index contributed by atoms with van der Waals surface area (Å²) in [7, 11) is 1.60. The van der Waals surface area contributed by atoms with Crippen LogP contribution in [0.4, 0.5) is 11.4 Å². The Hall–Kier alpha value is -3.13. The van der Waals surface area contributed by atoms with Crippen molar-refractivity contribution in [3.05, 3.63) is 47.5 Å². The Morgan fingerprint density at radius 1 is 1.28 bits per heavy atom. The molecule has 1 aliphatic carbocycles. The molecule has 1 aromatic carbocycles. The van der Waals surface area contributed by atoms with Crippen LogP contribution in [0.2, 0.25) is 5.15 Å². The summed E-state index contributed by atoms with van der Waals surface area (Å²) in [6, 6.07) is 7.65. The maximum absolute atomic E-state index is 11.7. The summed E-state index contributed by atoms with van der Waals surface area (Å²) in [6.07, 6.45) is 8.70. The average Bonchev–Trinajstić information content (AvgIpc) is 3.39. The second-order valence-corrected chi connectivity index (χ2v) is 7.34. The van der Waals surface area contributed by atoms with E-state index in [9.17, 15) is 4.79 Å². The largest absolute Gasteiger partial charge is 0.494 e. The lowest BCUT2D eigenvalue weighted by atomic mass is 10.1. The molecule has 3 N–H and O–H groups in total. The monoisotopic (exact) mass is 412 g/mol. The summed E-state index contributed by atoms with van der Waals surface area (Å²) in [4.78, 5) is 11.7. The quantitative estimate of drug-likeness (QED) is 0.634. The van der Waals surface area contributed by atoms with Gasteiger partial charge in [0.1, 0.15) is 5.75 Å². The van der Waals surface area contributed by atoms with Crippen molar-refractivity contribution < 1.29 is 9.53 Å². The number of nitrogens with zero attached hydrogens (tertiary/aromatic N) is 4. The van der Waals surface area contributed by atoms with E-state index in [2.05, 4.69) is 26.8 Å². The molecule has 150 valence electrons. The van der Waals surface area contributed by atoms with Crippen molar-refractivity contribution >= 4 is 28.9 Å². The molecule has 0 unspecified atom stereocenters. The highest BCUT2D eigenvalue weighted by molar-refractivity contribution is 6.29. The molecule has 0 spiro atoms. The van der Waals surface area contributed by atoms with Gasteiger partial charge in [0.15, 0.2) is 10.8 Å². The van der Waals surface area contributed by atoms with Crippen molar-refractivity contribution in [3.63, 3.8) is 0 Å². The van der Waals surface area contributed by atoms with Crippen molar-refractivity contribution in [2.75, 3.05) is 12.4 Å². The molecule has 0 saturated heterocycles. The summed E-state index contributed by atoms with van der Waals surface area (Å²) in [5.41, 5.74) is 8.24. The number of nitrogens with two attached hydrogens (primary N) is 1. The van der Waals surface area contributed by atoms with Gasteiger partial charge in [0.25, 0.3) is 5.91 Å². The molecule has 2 heterocycles. The second-order valence-electron chi connectivity index (χ2n) is 6.95. The van der Waals surface area contributed by atoms with Gasteiger partial charge in [-0.25, -0.2) is 0 Å². The minimum absolute atomic E-state index is 0.00379. The summed E-state index contributed by atoms with van der Waals surface area (Å²) in [6.45, 7) is 0.